The molecule has 0 saturated carbocycles. The molecule has 1 aliphatic heterocycles. The van der Waals surface area contributed by atoms with Crippen molar-refractivity contribution in [3.63, 3.8) is 0 Å². The molecule has 2 rings (SSSR count). The van der Waals surface area contributed by atoms with Crippen molar-refractivity contribution in [1.82, 2.24) is 14.5 Å². The molecule has 0 spiro atoms. The van der Waals surface area contributed by atoms with Gasteiger partial charge < -0.3 is 16.0 Å². The molecular formula is C17H27ClN4O4S. The van der Waals surface area contributed by atoms with Crippen molar-refractivity contribution in [3.8, 4) is 0 Å². The van der Waals surface area contributed by atoms with Crippen molar-refractivity contribution in [2.45, 2.75) is 24.8 Å². The Kier molecular flexibility index (Phi) is 8.67. The minimum Gasteiger partial charge on any atom is -0.346 e. The van der Waals surface area contributed by atoms with Gasteiger partial charge >= 0.3 is 0 Å². The summed E-state index contributed by atoms with van der Waals surface area (Å²) in [6.45, 7) is 4.56. The molecule has 1 heterocycles. The van der Waals surface area contributed by atoms with Crippen LogP contribution in [0.15, 0.2) is 35.2 Å². The normalized spacial score (nSPS) is 16.5. The fourth-order valence-electron chi connectivity index (χ4n) is 2.61. The summed E-state index contributed by atoms with van der Waals surface area (Å²) < 4.78 is 26.5. The molecule has 0 radical (unpaired) electrons. The summed E-state index contributed by atoms with van der Waals surface area (Å²) in [7, 11) is -3.55. The highest BCUT2D eigenvalue weighted by atomic mass is 35.5. The van der Waals surface area contributed by atoms with Crippen LogP contribution < -0.4 is 11.1 Å². The van der Waals surface area contributed by atoms with Crippen LogP contribution in [0.1, 0.15) is 13.8 Å². The Morgan fingerprint density at radius 3 is 2.19 bits per heavy atom. The smallest absolute Gasteiger partial charge is 0.243 e. The number of carbonyl (C=O) groups excluding carboxylic acids is 2. The monoisotopic (exact) mass is 418 g/mol. The topological polar surface area (TPSA) is 113 Å². The second kappa shape index (κ2) is 10.0. The van der Waals surface area contributed by atoms with E-state index < -0.39 is 16.1 Å². The van der Waals surface area contributed by atoms with Crippen LogP contribution in [0.3, 0.4) is 0 Å². The first-order valence-electron chi connectivity index (χ1n) is 8.59. The Balaban J connectivity index is 0.00000364. The van der Waals surface area contributed by atoms with Gasteiger partial charge in [-0.1, -0.05) is 32.0 Å². The summed E-state index contributed by atoms with van der Waals surface area (Å²) in [6, 6.07) is 7.57. The van der Waals surface area contributed by atoms with Gasteiger partial charge in [-0.05, 0) is 18.1 Å². The van der Waals surface area contributed by atoms with Crippen LogP contribution >= 0.6 is 12.4 Å². The molecule has 152 valence electrons. The number of hydrogen-bond acceptors (Lipinski definition) is 5. The number of benzene rings is 1. The van der Waals surface area contributed by atoms with E-state index in [2.05, 4.69) is 5.32 Å². The maximum atomic E-state index is 12.6. The first-order chi connectivity index (χ1) is 12.2. The van der Waals surface area contributed by atoms with Crippen molar-refractivity contribution in [1.29, 1.82) is 0 Å². The maximum Gasteiger partial charge on any atom is 0.243 e. The second-order valence-corrected chi connectivity index (χ2v) is 8.52. The molecule has 1 saturated heterocycles. The molecule has 8 nitrogen and oxygen atoms in total. The van der Waals surface area contributed by atoms with E-state index in [9.17, 15) is 18.0 Å². The molecule has 1 fully saturated rings. The van der Waals surface area contributed by atoms with Gasteiger partial charge in [0.15, 0.2) is 0 Å². The molecule has 0 aromatic heterocycles. The minimum atomic E-state index is -3.55. The van der Waals surface area contributed by atoms with Crippen LogP contribution in [0.4, 0.5) is 0 Å². The lowest BCUT2D eigenvalue weighted by atomic mass is 10.1. The van der Waals surface area contributed by atoms with E-state index >= 15 is 0 Å². The summed E-state index contributed by atoms with van der Waals surface area (Å²) in [4.78, 5) is 25.8. The van der Waals surface area contributed by atoms with Gasteiger partial charge in [-0.3, -0.25) is 9.59 Å². The SMILES string of the molecule is CC(C)[C@H](N)C(=O)NCC(=O)N1CCN(S(=O)(=O)c2ccccc2)CC1.Cl. The van der Waals surface area contributed by atoms with Gasteiger partial charge in [0.05, 0.1) is 17.5 Å². The number of halogens is 1. The second-order valence-electron chi connectivity index (χ2n) is 6.59. The van der Waals surface area contributed by atoms with Gasteiger partial charge in [0.1, 0.15) is 0 Å². The molecule has 0 unspecified atom stereocenters. The highest BCUT2D eigenvalue weighted by Crippen LogP contribution is 2.17. The number of nitrogens with one attached hydrogen (secondary N) is 1. The van der Waals surface area contributed by atoms with E-state index in [0.717, 1.165) is 0 Å². The third-order valence-corrected chi connectivity index (χ3v) is 6.32. The predicted octanol–water partition coefficient (Wildman–Crippen LogP) is 0.0408. The van der Waals surface area contributed by atoms with Crippen LogP contribution in [0.25, 0.3) is 0 Å². The van der Waals surface area contributed by atoms with Crippen molar-refractivity contribution < 1.29 is 18.0 Å². The van der Waals surface area contributed by atoms with Crippen LogP contribution in [0, 0.1) is 5.92 Å². The minimum absolute atomic E-state index is 0. The highest BCUT2D eigenvalue weighted by molar-refractivity contribution is 7.89. The standard InChI is InChI=1S/C17H26N4O4S.ClH/c1-13(2)16(18)17(23)19-12-15(22)20-8-10-21(11-9-20)26(24,25)14-6-4-3-5-7-14;/h3-7,13,16H,8-12,18H2,1-2H3,(H,19,23);1H/t16-;/m0./s1. The Labute approximate surface area is 166 Å². The van der Waals surface area contributed by atoms with Crippen molar-refractivity contribution in [2.24, 2.45) is 11.7 Å². The summed E-state index contributed by atoms with van der Waals surface area (Å²) in [6.07, 6.45) is 0. The van der Waals surface area contributed by atoms with Crippen LogP contribution in [0.5, 0.6) is 0 Å². The Bertz CT molecular complexity index is 735. The van der Waals surface area contributed by atoms with E-state index in [-0.39, 0.29) is 67.8 Å². The first-order valence-corrected chi connectivity index (χ1v) is 10.0. The molecule has 2 amide bonds. The van der Waals surface area contributed by atoms with Gasteiger partial charge in [-0.15, -0.1) is 12.4 Å². The number of rotatable bonds is 6. The zero-order chi connectivity index (χ0) is 19.3. The molecule has 27 heavy (non-hydrogen) atoms. The zero-order valence-corrected chi connectivity index (χ0v) is 17.1. The van der Waals surface area contributed by atoms with E-state index in [1.54, 1.807) is 35.2 Å². The van der Waals surface area contributed by atoms with Gasteiger partial charge in [-0.2, -0.15) is 4.31 Å². The quantitative estimate of drug-likeness (QED) is 0.677. The molecule has 1 aromatic rings. The lowest BCUT2D eigenvalue weighted by molar-refractivity contribution is -0.134. The maximum absolute atomic E-state index is 12.6. The molecule has 10 heteroatoms. The third-order valence-electron chi connectivity index (χ3n) is 4.41. The lowest BCUT2D eigenvalue weighted by Crippen LogP contribution is -2.53. The predicted molar refractivity (Wildman–Crippen MR) is 105 cm³/mol. The molecule has 1 aromatic carbocycles. The lowest BCUT2D eigenvalue weighted by Gasteiger charge is -2.34. The summed E-state index contributed by atoms with van der Waals surface area (Å²) in [5.74, 6) is -0.624. The average Bonchev–Trinajstić information content (AvgIpc) is 2.65. The molecule has 0 bridgehead atoms. The summed E-state index contributed by atoms with van der Waals surface area (Å²) in [5.41, 5.74) is 5.74. The van der Waals surface area contributed by atoms with Crippen molar-refractivity contribution in [3.05, 3.63) is 30.3 Å². The number of sulfonamides is 1. The molecule has 1 atom stereocenters. The zero-order valence-electron chi connectivity index (χ0n) is 15.5. The van der Waals surface area contributed by atoms with E-state index in [1.807, 2.05) is 13.8 Å². The van der Waals surface area contributed by atoms with Gasteiger partial charge in [-0.25, -0.2) is 8.42 Å². The van der Waals surface area contributed by atoms with Crippen LogP contribution in [-0.2, 0) is 19.6 Å². The number of amides is 2. The number of nitrogens with zero attached hydrogens (tertiary/aromatic N) is 2. The number of hydrogen-bond donors (Lipinski definition) is 2. The highest BCUT2D eigenvalue weighted by Gasteiger charge is 2.30. The average molecular weight is 419 g/mol. The molecule has 0 aliphatic carbocycles. The van der Waals surface area contributed by atoms with Crippen molar-refractivity contribution in [2.75, 3.05) is 32.7 Å². The molecule has 3 N–H and O–H groups in total. The van der Waals surface area contributed by atoms with Gasteiger partial charge in [0.2, 0.25) is 21.8 Å². The van der Waals surface area contributed by atoms with E-state index in [0.29, 0.717) is 0 Å². The Hall–Kier alpha value is -1.68. The Morgan fingerprint density at radius 1 is 1.11 bits per heavy atom. The van der Waals surface area contributed by atoms with Crippen molar-refractivity contribution >= 4 is 34.2 Å². The molecular weight excluding hydrogens is 392 g/mol. The summed E-state index contributed by atoms with van der Waals surface area (Å²) >= 11 is 0. The number of carbonyl (C=O) groups is 2. The fourth-order valence-corrected chi connectivity index (χ4v) is 4.06. The largest absolute Gasteiger partial charge is 0.346 e. The van der Waals surface area contributed by atoms with E-state index in [1.165, 1.54) is 4.31 Å². The summed E-state index contributed by atoms with van der Waals surface area (Å²) in [5, 5.41) is 2.54. The van der Waals surface area contributed by atoms with Crippen LogP contribution in [0.2, 0.25) is 0 Å². The van der Waals surface area contributed by atoms with Gasteiger partial charge in [0, 0.05) is 26.2 Å². The molecule has 1 aliphatic rings. The third kappa shape index (κ3) is 5.90. The van der Waals surface area contributed by atoms with Crippen LogP contribution in [-0.4, -0.2) is 68.2 Å². The Morgan fingerprint density at radius 2 is 1.67 bits per heavy atom. The fraction of sp³-hybridized carbons (Fsp3) is 0.529. The first kappa shape index (κ1) is 23.4. The number of nitrogens with two attached hydrogens (primary N) is 1. The van der Waals surface area contributed by atoms with Gasteiger partial charge in [0.25, 0.3) is 0 Å². The van der Waals surface area contributed by atoms with E-state index in [4.69, 9.17) is 5.73 Å². The number of piperazine rings is 1.